The molecule has 0 atom stereocenters. The Labute approximate surface area is 126 Å². The number of amides is 2. The lowest BCUT2D eigenvalue weighted by Gasteiger charge is -2.01. The maximum atomic E-state index is 11.4. The highest BCUT2D eigenvalue weighted by Crippen LogP contribution is 2.21. The number of nitrogens with zero attached hydrogens (tertiary/aromatic N) is 1. The Bertz CT molecular complexity index is 544. The molecule has 0 unspecified atom stereocenters. The van der Waals surface area contributed by atoms with Crippen molar-refractivity contribution in [1.82, 2.24) is 10.7 Å². The summed E-state index contributed by atoms with van der Waals surface area (Å²) in [6, 6.07) is 4.92. The number of hydrogen-bond donors (Lipinski definition) is 2. The number of benzene rings is 1. The minimum atomic E-state index is -0.511. The number of carbonyl (C=O) groups is 2. The van der Waals surface area contributed by atoms with Gasteiger partial charge in [0.2, 0.25) is 11.8 Å². The quantitative estimate of drug-likeness (QED) is 0.365. The van der Waals surface area contributed by atoms with Gasteiger partial charge in [0.25, 0.3) is 0 Å². The molecule has 0 aliphatic heterocycles. The molecule has 2 amide bonds. The number of hydrogen-bond acceptors (Lipinski definition) is 3. The van der Waals surface area contributed by atoms with Gasteiger partial charge >= 0.3 is 0 Å². The van der Waals surface area contributed by atoms with Gasteiger partial charge in [-0.25, -0.2) is 5.43 Å². The number of carbonyl (C=O) groups excluding carboxylic acids is 2. The van der Waals surface area contributed by atoms with E-state index < -0.39 is 11.8 Å². The summed E-state index contributed by atoms with van der Waals surface area (Å²) in [5, 5.41) is 7.03. The van der Waals surface area contributed by atoms with Crippen LogP contribution < -0.4 is 10.7 Å². The molecule has 7 heteroatoms. The Kier molecular flexibility index (Phi) is 6.76. The van der Waals surface area contributed by atoms with Crippen LogP contribution in [0.5, 0.6) is 0 Å². The van der Waals surface area contributed by atoms with Crippen LogP contribution in [0.1, 0.15) is 12.0 Å². The van der Waals surface area contributed by atoms with Crippen LogP contribution in [0, 0.1) is 0 Å². The van der Waals surface area contributed by atoms with E-state index in [1.807, 2.05) is 0 Å². The number of nitrogens with one attached hydrogen (secondary N) is 2. The first kappa shape index (κ1) is 16.2. The van der Waals surface area contributed by atoms with E-state index >= 15 is 0 Å². The molecule has 106 valence electrons. The van der Waals surface area contributed by atoms with Crippen molar-refractivity contribution in [3.63, 3.8) is 0 Å². The fourth-order valence-corrected chi connectivity index (χ4v) is 1.51. The lowest BCUT2D eigenvalue weighted by atomic mass is 10.2. The zero-order chi connectivity index (χ0) is 15.0. The SMILES string of the molecule is C=CCNC(=O)CC(=O)N/N=C\c1ccc(Cl)c(Cl)c1. The Morgan fingerprint density at radius 3 is 2.65 bits per heavy atom. The fourth-order valence-electron chi connectivity index (χ4n) is 1.21. The molecule has 0 aliphatic rings. The van der Waals surface area contributed by atoms with Gasteiger partial charge in [-0.3, -0.25) is 9.59 Å². The van der Waals surface area contributed by atoms with E-state index in [1.54, 1.807) is 18.2 Å². The average molecular weight is 314 g/mol. The van der Waals surface area contributed by atoms with Crippen LogP contribution in [0.15, 0.2) is 36.0 Å². The second-order valence-electron chi connectivity index (χ2n) is 3.74. The molecule has 2 N–H and O–H groups in total. The molecule has 0 aliphatic carbocycles. The van der Waals surface area contributed by atoms with E-state index in [0.29, 0.717) is 22.2 Å². The van der Waals surface area contributed by atoms with Crippen LogP contribution in [-0.4, -0.2) is 24.6 Å². The second-order valence-corrected chi connectivity index (χ2v) is 4.55. The van der Waals surface area contributed by atoms with Gasteiger partial charge in [-0.05, 0) is 17.7 Å². The van der Waals surface area contributed by atoms with E-state index in [4.69, 9.17) is 23.2 Å². The molecular weight excluding hydrogens is 301 g/mol. The van der Waals surface area contributed by atoms with Gasteiger partial charge in [0.1, 0.15) is 6.42 Å². The van der Waals surface area contributed by atoms with Crippen molar-refractivity contribution in [3.05, 3.63) is 46.5 Å². The van der Waals surface area contributed by atoms with Crippen molar-refractivity contribution in [1.29, 1.82) is 0 Å². The molecule has 0 spiro atoms. The summed E-state index contributed by atoms with van der Waals surface area (Å²) in [6.45, 7) is 3.77. The third-order valence-electron chi connectivity index (χ3n) is 2.11. The highest BCUT2D eigenvalue weighted by Gasteiger charge is 2.06. The third kappa shape index (κ3) is 5.86. The summed E-state index contributed by atoms with van der Waals surface area (Å²) in [5.74, 6) is -0.907. The molecule has 1 aromatic carbocycles. The van der Waals surface area contributed by atoms with E-state index in [0.717, 1.165) is 0 Å². The second kappa shape index (κ2) is 8.35. The van der Waals surface area contributed by atoms with Crippen LogP contribution in [0.25, 0.3) is 0 Å². The Balaban J connectivity index is 2.43. The van der Waals surface area contributed by atoms with Crippen LogP contribution >= 0.6 is 23.2 Å². The van der Waals surface area contributed by atoms with Gasteiger partial charge in [-0.2, -0.15) is 5.10 Å². The van der Waals surface area contributed by atoms with Crippen molar-refractivity contribution >= 4 is 41.2 Å². The van der Waals surface area contributed by atoms with Gasteiger partial charge in [0.15, 0.2) is 0 Å². The molecule has 0 saturated heterocycles. The van der Waals surface area contributed by atoms with Crippen molar-refractivity contribution < 1.29 is 9.59 Å². The minimum Gasteiger partial charge on any atom is -0.352 e. The Hall–Kier alpha value is -1.85. The fraction of sp³-hybridized carbons (Fsp3) is 0.154. The van der Waals surface area contributed by atoms with Crippen LogP contribution in [0.2, 0.25) is 10.0 Å². The van der Waals surface area contributed by atoms with Crippen LogP contribution in [0.3, 0.4) is 0 Å². The Morgan fingerprint density at radius 2 is 2.00 bits per heavy atom. The molecule has 1 rings (SSSR count). The zero-order valence-corrected chi connectivity index (χ0v) is 12.0. The van der Waals surface area contributed by atoms with E-state index in [9.17, 15) is 9.59 Å². The van der Waals surface area contributed by atoms with Gasteiger partial charge in [0, 0.05) is 6.54 Å². The summed E-state index contributed by atoms with van der Waals surface area (Å²) in [5.41, 5.74) is 2.92. The summed E-state index contributed by atoms with van der Waals surface area (Å²) in [6.07, 6.45) is 2.63. The topological polar surface area (TPSA) is 70.6 Å². The monoisotopic (exact) mass is 313 g/mol. The molecule has 0 saturated carbocycles. The normalized spacial score (nSPS) is 10.3. The maximum absolute atomic E-state index is 11.4. The zero-order valence-electron chi connectivity index (χ0n) is 10.5. The number of rotatable bonds is 6. The minimum absolute atomic E-state index is 0.299. The van der Waals surface area contributed by atoms with Gasteiger partial charge in [-0.15, -0.1) is 6.58 Å². The van der Waals surface area contributed by atoms with Crippen LogP contribution in [0.4, 0.5) is 0 Å². The smallest absolute Gasteiger partial charge is 0.249 e. The lowest BCUT2D eigenvalue weighted by Crippen LogP contribution is -2.29. The predicted molar refractivity (Wildman–Crippen MR) is 80.0 cm³/mol. The summed E-state index contributed by atoms with van der Waals surface area (Å²) < 4.78 is 0. The van der Waals surface area contributed by atoms with Gasteiger partial charge in [-0.1, -0.05) is 35.3 Å². The van der Waals surface area contributed by atoms with Gasteiger partial charge < -0.3 is 5.32 Å². The van der Waals surface area contributed by atoms with Gasteiger partial charge in [0.05, 0.1) is 16.3 Å². The number of hydrazone groups is 1. The number of halogens is 2. The molecule has 1 aromatic rings. The van der Waals surface area contributed by atoms with Crippen LogP contribution in [-0.2, 0) is 9.59 Å². The van der Waals surface area contributed by atoms with E-state index in [1.165, 1.54) is 12.3 Å². The highest BCUT2D eigenvalue weighted by atomic mass is 35.5. The molecular formula is C13H13Cl2N3O2. The Morgan fingerprint density at radius 1 is 1.25 bits per heavy atom. The molecule has 20 heavy (non-hydrogen) atoms. The van der Waals surface area contributed by atoms with Crippen molar-refractivity contribution in [2.24, 2.45) is 5.10 Å². The molecule has 0 heterocycles. The lowest BCUT2D eigenvalue weighted by molar-refractivity contribution is -0.129. The van der Waals surface area contributed by atoms with Crippen molar-refractivity contribution in [3.8, 4) is 0 Å². The van der Waals surface area contributed by atoms with Crippen molar-refractivity contribution in [2.45, 2.75) is 6.42 Å². The maximum Gasteiger partial charge on any atom is 0.249 e. The summed E-state index contributed by atoms with van der Waals surface area (Å²) >= 11 is 11.6. The van der Waals surface area contributed by atoms with Crippen molar-refractivity contribution in [2.75, 3.05) is 6.54 Å². The molecule has 0 fully saturated rings. The van der Waals surface area contributed by atoms with E-state index in [2.05, 4.69) is 22.4 Å². The first-order chi connectivity index (χ1) is 9.52. The first-order valence-corrected chi connectivity index (χ1v) is 6.43. The molecule has 5 nitrogen and oxygen atoms in total. The largest absolute Gasteiger partial charge is 0.352 e. The summed E-state index contributed by atoms with van der Waals surface area (Å²) in [4.78, 5) is 22.6. The van der Waals surface area contributed by atoms with E-state index in [-0.39, 0.29) is 6.42 Å². The third-order valence-corrected chi connectivity index (χ3v) is 2.85. The summed E-state index contributed by atoms with van der Waals surface area (Å²) in [7, 11) is 0. The molecule has 0 aromatic heterocycles. The average Bonchev–Trinajstić information content (AvgIpc) is 2.40. The molecule has 0 bridgehead atoms. The molecule has 0 radical (unpaired) electrons. The standard InChI is InChI=1S/C13H13Cl2N3O2/c1-2-5-16-12(19)7-13(20)18-17-8-9-3-4-10(14)11(15)6-9/h2-4,6,8H,1,5,7H2,(H,16,19)(H,18,20)/b17-8-. The first-order valence-electron chi connectivity index (χ1n) is 5.67. The predicted octanol–water partition coefficient (Wildman–Crippen LogP) is 2.14. The highest BCUT2D eigenvalue weighted by molar-refractivity contribution is 6.42.